The van der Waals surface area contributed by atoms with Gasteiger partial charge in [0.15, 0.2) is 11.5 Å². The first-order valence-electron chi connectivity index (χ1n) is 12.9. The lowest BCUT2D eigenvalue weighted by atomic mass is 10.0. The van der Waals surface area contributed by atoms with Gasteiger partial charge in [0.1, 0.15) is 28.7 Å². The number of hydrogen-bond donors (Lipinski definition) is 0. The zero-order valence-electron chi connectivity index (χ0n) is 23.3. The monoisotopic (exact) mass is 528 g/mol. The van der Waals surface area contributed by atoms with Gasteiger partial charge in [0.2, 0.25) is 0 Å². The average molecular weight is 529 g/mol. The summed E-state index contributed by atoms with van der Waals surface area (Å²) in [5, 5.41) is 0. The van der Waals surface area contributed by atoms with Crippen molar-refractivity contribution >= 4 is 0 Å². The van der Waals surface area contributed by atoms with Crippen molar-refractivity contribution in [3.63, 3.8) is 0 Å². The Bertz CT molecular complexity index is 1360. The highest BCUT2D eigenvalue weighted by Gasteiger charge is 2.14. The van der Waals surface area contributed by atoms with E-state index in [1.165, 1.54) is 11.1 Å². The van der Waals surface area contributed by atoms with Crippen LogP contribution in [0, 0.1) is 0 Å². The van der Waals surface area contributed by atoms with Crippen molar-refractivity contribution in [2.75, 3.05) is 35.5 Å². The van der Waals surface area contributed by atoms with Crippen LogP contribution >= 0.6 is 0 Å². The maximum Gasteiger partial charge on any atom is 0.169 e. The summed E-state index contributed by atoms with van der Waals surface area (Å²) in [6.45, 7) is 0. The Hall–Kier alpha value is -4.32. The van der Waals surface area contributed by atoms with E-state index in [4.69, 9.17) is 28.4 Å². The predicted molar refractivity (Wildman–Crippen MR) is 153 cm³/mol. The smallest absolute Gasteiger partial charge is 0.169 e. The molecule has 0 aliphatic carbocycles. The van der Waals surface area contributed by atoms with E-state index in [0.29, 0.717) is 11.5 Å². The van der Waals surface area contributed by atoms with Crippen LogP contribution in [-0.4, -0.2) is 35.5 Å². The predicted octanol–water partition coefficient (Wildman–Crippen LogP) is 7.09. The zero-order chi connectivity index (χ0) is 27.6. The molecule has 0 aromatic heterocycles. The molecule has 0 unspecified atom stereocenters. The highest BCUT2D eigenvalue weighted by molar-refractivity contribution is 5.52. The highest BCUT2D eigenvalue weighted by Crippen LogP contribution is 2.38. The van der Waals surface area contributed by atoms with Gasteiger partial charge in [0.25, 0.3) is 0 Å². The van der Waals surface area contributed by atoms with Crippen LogP contribution < -0.4 is 28.4 Å². The summed E-state index contributed by atoms with van der Waals surface area (Å²) < 4.78 is 33.9. The molecule has 4 aromatic rings. The van der Waals surface area contributed by atoms with E-state index in [9.17, 15) is 0 Å². The first-order valence-corrected chi connectivity index (χ1v) is 12.9. The van der Waals surface area contributed by atoms with Gasteiger partial charge in [-0.3, -0.25) is 0 Å². The first-order chi connectivity index (χ1) is 19.0. The van der Waals surface area contributed by atoms with Gasteiger partial charge in [-0.1, -0.05) is 24.3 Å². The summed E-state index contributed by atoms with van der Waals surface area (Å²) in [6, 6.07) is 26.1. The number of aryl methyl sites for hydroxylation is 4. The summed E-state index contributed by atoms with van der Waals surface area (Å²) in [4.78, 5) is 0. The van der Waals surface area contributed by atoms with Gasteiger partial charge in [-0.05, 0) is 90.4 Å². The van der Waals surface area contributed by atoms with E-state index < -0.39 is 0 Å². The quantitative estimate of drug-likeness (QED) is 0.185. The third-order valence-corrected chi connectivity index (χ3v) is 6.62. The van der Waals surface area contributed by atoms with Crippen LogP contribution in [0.2, 0.25) is 0 Å². The van der Waals surface area contributed by atoms with E-state index in [0.717, 1.165) is 65.6 Å². The summed E-state index contributed by atoms with van der Waals surface area (Å²) in [5.74, 6) is 5.20. The van der Waals surface area contributed by atoms with Crippen molar-refractivity contribution in [2.24, 2.45) is 0 Å². The topological polar surface area (TPSA) is 55.4 Å². The van der Waals surface area contributed by atoms with Crippen molar-refractivity contribution in [3.8, 4) is 40.2 Å². The van der Waals surface area contributed by atoms with Gasteiger partial charge >= 0.3 is 0 Å². The minimum Gasteiger partial charge on any atom is -0.497 e. The molecule has 4 aromatic carbocycles. The molecule has 0 amide bonds. The minimum absolute atomic E-state index is 0.617. The second kappa shape index (κ2) is 13.5. The van der Waals surface area contributed by atoms with Crippen molar-refractivity contribution < 1.29 is 28.4 Å². The SMILES string of the molecule is COc1cccc(CCc2cc(Oc3cccc(CCc4cc(OC)cc(OC)c4)c3)c(OC)cc2OC)c1. The molecule has 0 atom stereocenters. The molecule has 0 bridgehead atoms. The number of benzene rings is 4. The number of rotatable bonds is 13. The molecule has 0 saturated carbocycles. The Balaban J connectivity index is 1.50. The molecular formula is C33H36O6. The average Bonchev–Trinajstić information content (AvgIpc) is 2.99. The van der Waals surface area contributed by atoms with Gasteiger partial charge in [0, 0.05) is 12.1 Å². The minimum atomic E-state index is 0.617. The van der Waals surface area contributed by atoms with Gasteiger partial charge in [-0.25, -0.2) is 0 Å². The Morgan fingerprint density at radius 2 is 0.949 bits per heavy atom. The second-order valence-corrected chi connectivity index (χ2v) is 9.14. The van der Waals surface area contributed by atoms with Crippen LogP contribution in [0.15, 0.2) is 78.9 Å². The van der Waals surface area contributed by atoms with E-state index >= 15 is 0 Å². The van der Waals surface area contributed by atoms with Crippen LogP contribution in [0.25, 0.3) is 0 Å². The lowest BCUT2D eigenvalue weighted by molar-refractivity contribution is 0.366. The Morgan fingerprint density at radius 1 is 0.410 bits per heavy atom. The molecule has 204 valence electrons. The van der Waals surface area contributed by atoms with Gasteiger partial charge in [0.05, 0.1) is 35.5 Å². The van der Waals surface area contributed by atoms with Crippen molar-refractivity contribution in [2.45, 2.75) is 25.7 Å². The lowest BCUT2D eigenvalue weighted by Crippen LogP contribution is -1.99. The van der Waals surface area contributed by atoms with Crippen LogP contribution in [0.1, 0.15) is 22.3 Å². The molecule has 6 nitrogen and oxygen atoms in total. The van der Waals surface area contributed by atoms with E-state index in [2.05, 4.69) is 24.3 Å². The third-order valence-electron chi connectivity index (χ3n) is 6.62. The maximum absolute atomic E-state index is 6.35. The molecule has 6 heteroatoms. The van der Waals surface area contributed by atoms with Crippen molar-refractivity contribution in [1.82, 2.24) is 0 Å². The third kappa shape index (κ3) is 7.38. The summed E-state index contributed by atoms with van der Waals surface area (Å²) in [6.07, 6.45) is 3.31. The fourth-order valence-corrected chi connectivity index (χ4v) is 4.51. The summed E-state index contributed by atoms with van der Waals surface area (Å²) in [7, 11) is 8.32. The van der Waals surface area contributed by atoms with E-state index in [1.54, 1.807) is 35.5 Å². The van der Waals surface area contributed by atoms with Gasteiger partial charge in [-0.15, -0.1) is 0 Å². The van der Waals surface area contributed by atoms with Crippen LogP contribution in [-0.2, 0) is 25.7 Å². The Labute approximate surface area is 231 Å². The first kappa shape index (κ1) is 27.7. The molecule has 0 saturated heterocycles. The summed E-state index contributed by atoms with van der Waals surface area (Å²) >= 11 is 0. The highest BCUT2D eigenvalue weighted by atomic mass is 16.5. The molecule has 0 aliphatic rings. The molecule has 0 aliphatic heterocycles. The fourth-order valence-electron chi connectivity index (χ4n) is 4.51. The van der Waals surface area contributed by atoms with Crippen molar-refractivity contribution in [1.29, 1.82) is 0 Å². The molecule has 0 spiro atoms. The maximum atomic E-state index is 6.35. The van der Waals surface area contributed by atoms with E-state index in [1.807, 2.05) is 54.6 Å². The largest absolute Gasteiger partial charge is 0.497 e. The van der Waals surface area contributed by atoms with Crippen molar-refractivity contribution in [3.05, 3.63) is 101 Å². The number of hydrogen-bond acceptors (Lipinski definition) is 6. The molecule has 39 heavy (non-hydrogen) atoms. The molecule has 4 rings (SSSR count). The van der Waals surface area contributed by atoms with Gasteiger partial charge in [-0.2, -0.15) is 0 Å². The molecule has 0 fully saturated rings. The second-order valence-electron chi connectivity index (χ2n) is 9.14. The Morgan fingerprint density at radius 3 is 1.56 bits per heavy atom. The normalized spacial score (nSPS) is 10.6. The van der Waals surface area contributed by atoms with Crippen LogP contribution in [0.3, 0.4) is 0 Å². The lowest BCUT2D eigenvalue weighted by Gasteiger charge is -2.16. The fraction of sp³-hybridized carbons (Fsp3) is 0.273. The number of ether oxygens (including phenoxy) is 6. The standard InChI is InChI=1S/C33H36O6/c1-34-27-10-6-8-24(16-27)14-15-26-20-33(32(38-5)22-31(26)37-4)39-28-11-7-9-23(17-28)12-13-25-18-29(35-2)21-30(19-25)36-3/h6-11,16-22H,12-15H2,1-5H3. The molecule has 0 heterocycles. The van der Waals surface area contributed by atoms with Crippen LogP contribution in [0.4, 0.5) is 0 Å². The summed E-state index contributed by atoms with van der Waals surface area (Å²) in [5.41, 5.74) is 4.55. The molecule has 0 N–H and O–H groups in total. The molecular weight excluding hydrogens is 492 g/mol. The Kier molecular flexibility index (Phi) is 9.57. The molecule has 0 radical (unpaired) electrons. The van der Waals surface area contributed by atoms with Crippen LogP contribution in [0.5, 0.6) is 40.2 Å². The zero-order valence-corrected chi connectivity index (χ0v) is 23.3. The van der Waals surface area contributed by atoms with E-state index in [-0.39, 0.29) is 0 Å². The van der Waals surface area contributed by atoms with Gasteiger partial charge < -0.3 is 28.4 Å². The number of methoxy groups -OCH3 is 5.